The highest BCUT2D eigenvalue weighted by molar-refractivity contribution is 7.80. The van der Waals surface area contributed by atoms with Gasteiger partial charge in [0, 0.05) is 17.5 Å². The molecule has 0 aliphatic carbocycles. The Morgan fingerprint density at radius 3 is 2.94 bits per heavy atom. The summed E-state index contributed by atoms with van der Waals surface area (Å²) in [4.78, 5) is 16.0. The Morgan fingerprint density at radius 1 is 1.35 bits per heavy atom. The molecule has 17 heavy (non-hydrogen) atoms. The van der Waals surface area contributed by atoms with Gasteiger partial charge in [-0.25, -0.2) is 0 Å². The molecule has 0 saturated carbocycles. The maximum Gasteiger partial charge on any atom is 0.225 e. The molecule has 0 bridgehead atoms. The monoisotopic (exact) mass is 246 g/mol. The molecule has 1 N–H and O–H groups in total. The van der Waals surface area contributed by atoms with Gasteiger partial charge in [0.1, 0.15) is 0 Å². The lowest BCUT2D eigenvalue weighted by atomic mass is 10.1. The highest BCUT2D eigenvalue weighted by Gasteiger charge is 2.06. The third kappa shape index (κ3) is 2.77. The molecular formula is C13H14N2OS. The first-order valence-electron chi connectivity index (χ1n) is 5.48. The number of pyridine rings is 1. The number of anilines is 1. The van der Waals surface area contributed by atoms with E-state index >= 15 is 0 Å². The topological polar surface area (TPSA) is 42.0 Å². The summed E-state index contributed by atoms with van der Waals surface area (Å²) in [5.41, 5.74) is 2.53. The Bertz CT molecular complexity index is 554. The van der Waals surface area contributed by atoms with Crippen molar-refractivity contribution in [2.45, 2.75) is 13.3 Å². The predicted molar refractivity (Wildman–Crippen MR) is 73.6 cm³/mol. The van der Waals surface area contributed by atoms with Crippen molar-refractivity contribution in [1.82, 2.24) is 4.98 Å². The molecule has 2 rings (SSSR count). The summed E-state index contributed by atoms with van der Waals surface area (Å²) in [5.74, 6) is 0.513. The van der Waals surface area contributed by atoms with Gasteiger partial charge >= 0.3 is 0 Å². The Morgan fingerprint density at radius 2 is 2.18 bits per heavy atom. The van der Waals surface area contributed by atoms with Crippen LogP contribution in [0.5, 0.6) is 0 Å². The number of carbonyl (C=O) groups excluding carboxylic acids is 1. The molecule has 0 fully saturated rings. The zero-order valence-corrected chi connectivity index (χ0v) is 10.5. The molecule has 0 aliphatic rings. The van der Waals surface area contributed by atoms with Crippen molar-refractivity contribution in [3.05, 3.63) is 36.0 Å². The second-order valence-corrected chi connectivity index (χ2v) is 4.30. The number of thiol groups is 1. The van der Waals surface area contributed by atoms with Crippen molar-refractivity contribution in [2.75, 3.05) is 11.1 Å². The Kier molecular flexibility index (Phi) is 3.64. The molecule has 1 amide bonds. The Labute approximate surface area is 106 Å². The van der Waals surface area contributed by atoms with E-state index in [4.69, 9.17) is 0 Å². The minimum Gasteiger partial charge on any atom is -0.324 e. The fourth-order valence-corrected chi connectivity index (χ4v) is 1.86. The van der Waals surface area contributed by atoms with E-state index in [9.17, 15) is 4.79 Å². The minimum atomic E-state index is -0.0317. The Balaban J connectivity index is 2.39. The third-order valence-electron chi connectivity index (χ3n) is 2.47. The number of amides is 1. The first-order chi connectivity index (χ1) is 8.20. The molecule has 1 aromatic carbocycles. The first-order valence-corrected chi connectivity index (χ1v) is 6.11. The van der Waals surface area contributed by atoms with Gasteiger partial charge in [0.15, 0.2) is 0 Å². The SMILES string of the molecule is Cc1ccc2cccc(NC(=O)CCS)c2n1. The fraction of sp³-hybridized carbons (Fsp3) is 0.231. The number of carbonyl (C=O) groups is 1. The molecule has 0 aliphatic heterocycles. The van der Waals surface area contributed by atoms with E-state index in [-0.39, 0.29) is 5.91 Å². The number of nitrogens with one attached hydrogen (secondary N) is 1. The molecule has 1 heterocycles. The Hall–Kier alpha value is -1.55. The molecule has 88 valence electrons. The van der Waals surface area contributed by atoms with E-state index in [1.807, 2.05) is 37.3 Å². The van der Waals surface area contributed by atoms with Crippen molar-refractivity contribution < 1.29 is 4.79 Å². The highest BCUT2D eigenvalue weighted by Crippen LogP contribution is 2.21. The second kappa shape index (κ2) is 5.19. The lowest BCUT2D eigenvalue weighted by Gasteiger charge is -2.08. The van der Waals surface area contributed by atoms with Crippen LogP contribution in [0.25, 0.3) is 10.9 Å². The van der Waals surface area contributed by atoms with Crippen LogP contribution in [0.1, 0.15) is 12.1 Å². The number of hydrogen-bond donors (Lipinski definition) is 2. The number of benzene rings is 1. The van der Waals surface area contributed by atoms with Crippen molar-refractivity contribution in [3.8, 4) is 0 Å². The largest absolute Gasteiger partial charge is 0.324 e. The molecule has 1 aromatic heterocycles. The molecule has 0 saturated heterocycles. The van der Waals surface area contributed by atoms with E-state index in [0.717, 1.165) is 22.3 Å². The summed E-state index contributed by atoms with van der Waals surface area (Å²) < 4.78 is 0. The van der Waals surface area contributed by atoms with Crippen LogP contribution < -0.4 is 5.32 Å². The normalized spacial score (nSPS) is 10.5. The minimum absolute atomic E-state index is 0.0317. The molecular weight excluding hydrogens is 232 g/mol. The molecule has 3 nitrogen and oxygen atoms in total. The van der Waals surface area contributed by atoms with E-state index in [1.54, 1.807) is 0 Å². The van der Waals surface area contributed by atoms with E-state index in [0.29, 0.717) is 12.2 Å². The van der Waals surface area contributed by atoms with E-state index < -0.39 is 0 Å². The zero-order valence-electron chi connectivity index (χ0n) is 9.60. The van der Waals surface area contributed by atoms with Gasteiger partial charge in [0.05, 0.1) is 11.2 Å². The average Bonchev–Trinajstić information content (AvgIpc) is 2.30. The van der Waals surface area contributed by atoms with Crippen molar-refractivity contribution in [3.63, 3.8) is 0 Å². The molecule has 0 unspecified atom stereocenters. The third-order valence-corrected chi connectivity index (χ3v) is 2.70. The summed E-state index contributed by atoms with van der Waals surface area (Å²) in [6, 6.07) is 9.73. The number of aromatic nitrogens is 1. The van der Waals surface area contributed by atoms with Crippen LogP contribution in [0.15, 0.2) is 30.3 Å². The lowest BCUT2D eigenvalue weighted by Crippen LogP contribution is -2.12. The van der Waals surface area contributed by atoms with Crippen LogP contribution in [-0.2, 0) is 4.79 Å². The summed E-state index contributed by atoms with van der Waals surface area (Å²) in [7, 11) is 0. The van der Waals surface area contributed by atoms with Gasteiger partial charge in [0.25, 0.3) is 0 Å². The standard InChI is InChI=1S/C13H14N2OS/c1-9-5-6-10-3-2-4-11(13(10)14-9)15-12(16)7-8-17/h2-6,17H,7-8H2,1H3,(H,15,16). The van der Waals surface area contributed by atoms with Gasteiger partial charge in [-0.15, -0.1) is 0 Å². The quantitative estimate of drug-likeness (QED) is 0.818. The maximum atomic E-state index is 11.6. The van der Waals surface area contributed by atoms with Crippen molar-refractivity contribution in [1.29, 1.82) is 0 Å². The van der Waals surface area contributed by atoms with E-state index in [2.05, 4.69) is 22.9 Å². The second-order valence-electron chi connectivity index (χ2n) is 3.85. The highest BCUT2D eigenvalue weighted by atomic mass is 32.1. The van der Waals surface area contributed by atoms with Gasteiger partial charge in [-0.05, 0) is 24.8 Å². The van der Waals surface area contributed by atoms with Crippen LogP contribution >= 0.6 is 12.6 Å². The maximum absolute atomic E-state index is 11.6. The number of para-hydroxylation sites is 1. The van der Waals surface area contributed by atoms with Crippen molar-refractivity contribution in [2.24, 2.45) is 0 Å². The molecule has 0 radical (unpaired) electrons. The van der Waals surface area contributed by atoms with Crippen LogP contribution in [0.2, 0.25) is 0 Å². The molecule has 0 spiro atoms. The molecule has 2 aromatic rings. The number of fused-ring (bicyclic) bond motifs is 1. The van der Waals surface area contributed by atoms with Crippen LogP contribution in [-0.4, -0.2) is 16.6 Å². The fourth-order valence-electron chi connectivity index (χ4n) is 1.66. The van der Waals surface area contributed by atoms with Gasteiger partial charge in [-0.2, -0.15) is 12.6 Å². The van der Waals surface area contributed by atoms with Gasteiger partial charge in [-0.3, -0.25) is 9.78 Å². The number of aryl methyl sites for hydroxylation is 1. The van der Waals surface area contributed by atoms with Crippen LogP contribution in [0.4, 0.5) is 5.69 Å². The molecule has 0 atom stereocenters. The number of nitrogens with zero attached hydrogens (tertiary/aromatic N) is 1. The van der Waals surface area contributed by atoms with Crippen LogP contribution in [0, 0.1) is 6.92 Å². The molecule has 4 heteroatoms. The number of hydrogen-bond acceptors (Lipinski definition) is 3. The van der Waals surface area contributed by atoms with Gasteiger partial charge in [-0.1, -0.05) is 18.2 Å². The van der Waals surface area contributed by atoms with E-state index in [1.165, 1.54) is 0 Å². The van der Waals surface area contributed by atoms with Crippen LogP contribution in [0.3, 0.4) is 0 Å². The van der Waals surface area contributed by atoms with Gasteiger partial charge < -0.3 is 5.32 Å². The summed E-state index contributed by atoms with van der Waals surface area (Å²) in [6.07, 6.45) is 0.408. The lowest BCUT2D eigenvalue weighted by molar-refractivity contribution is -0.115. The summed E-state index contributed by atoms with van der Waals surface area (Å²) >= 11 is 4.04. The number of rotatable bonds is 3. The van der Waals surface area contributed by atoms with Gasteiger partial charge in [0.2, 0.25) is 5.91 Å². The smallest absolute Gasteiger partial charge is 0.225 e. The van der Waals surface area contributed by atoms with Crippen molar-refractivity contribution >= 4 is 35.1 Å². The predicted octanol–water partition coefficient (Wildman–Crippen LogP) is 2.80. The summed E-state index contributed by atoms with van der Waals surface area (Å²) in [6.45, 7) is 1.94. The zero-order chi connectivity index (χ0) is 12.3. The first kappa shape index (κ1) is 11.9. The average molecular weight is 246 g/mol. The summed E-state index contributed by atoms with van der Waals surface area (Å²) in [5, 5.41) is 3.89.